The molecule has 8 heteroatoms. The van der Waals surface area contributed by atoms with Gasteiger partial charge in [-0.05, 0) is 55.0 Å². The fraction of sp³-hybridized carbons (Fsp3) is 0.167. The number of nitrogens with one attached hydrogen (secondary N) is 2. The summed E-state index contributed by atoms with van der Waals surface area (Å²) in [6, 6.07) is 14.3. The molecule has 0 saturated heterocycles. The third-order valence-corrected chi connectivity index (χ3v) is 6.71. The van der Waals surface area contributed by atoms with Crippen LogP contribution < -0.4 is 14.8 Å². The molecule has 0 spiro atoms. The summed E-state index contributed by atoms with van der Waals surface area (Å²) in [5.74, 6) is 1.05. The highest BCUT2D eigenvalue weighted by atomic mass is 32.2. The average molecular weight is 390 g/mol. The number of sulfonamides is 1. The molecular formula is C18H19N3O3S2. The molecule has 0 aliphatic heterocycles. The van der Waals surface area contributed by atoms with Crippen molar-refractivity contribution in [3.8, 4) is 5.75 Å². The molecule has 0 fully saturated rings. The molecule has 0 atom stereocenters. The second kappa shape index (κ2) is 7.76. The first-order chi connectivity index (χ1) is 12.5. The van der Waals surface area contributed by atoms with Crippen LogP contribution in [0.5, 0.6) is 5.75 Å². The number of aromatic nitrogens is 1. The van der Waals surface area contributed by atoms with Crippen LogP contribution in [0, 0.1) is 0 Å². The molecule has 2 N–H and O–H groups in total. The number of thiophene rings is 1. The van der Waals surface area contributed by atoms with Gasteiger partial charge in [0.25, 0.3) is 10.0 Å². The van der Waals surface area contributed by atoms with Gasteiger partial charge in [-0.2, -0.15) is 0 Å². The van der Waals surface area contributed by atoms with Crippen LogP contribution in [-0.4, -0.2) is 20.5 Å². The molecule has 0 radical (unpaired) electrons. The summed E-state index contributed by atoms with van der Waals surface area (Å²) in [6.07, 6.45) is 2.39. The van der Waals surface area contributed by atoms with Gasteiger partial charge in [-0.25, -0.2) is 13.4 Å². The van der Waals surface area contributed by atoms with E-state index in [1.54, 1.807) is 31.5 Å². The van der Waals surface area contributed by atoms with Crippen molar-refractivity contribution in [1.29, 1.82) is 0 Å². The van der Waals surface area contributed by atoms with Crippen LogP contribution in [0.15, 0.2) is 58.9 Å². The second-order valence-electron chi connectivity index (χ2n) is 5.47. The van der Waals surface area contributed by atoms with Gasteiger partial charge in [0.15, 0.2) is 0 Å². The van der Waals surface area contributed by atoms with E-state index in [4.69, 9.17) is 4.74 Å². The Bertz CT molecular complexity index is 966. The lowest BCUT2D eigenvalue weighted by Crippen LogP contribution is -2.12. The zero-order valence-electron chi connectivity index (χ0n) is 14.4. The van der Waals surface area contributed by atoms with E-state index >= 15 is 0 Å². The fourth-order valence-electron chi connectivity index (χ4n) is 2.25. The van der Waals surface area contributed by atoms with E-state index < -0.39 is 10.0 Å². The molecule has 0 aliphatic carbocycles. The van der Waals surface area contributed by atoms with Gasteiger partial charge in [0.05, 0.1) is 19.0 Å². The van der Waals surface area contributed by atoms with Crippen LogP contribution in [-0.2, 0) is 16.4 Å². The smallest absolute Gasteiger partial charge is 0.272 e. The molecule has 1 aromatic carbocycles. The van der Waals surface area contributed by atoms with Crippen molar-refractivity contribution in [2.24, 2.45) is 0 Å². The summed E-state index contributed by atoms with van der Waals surface area (Å²) in [7, 11) is -1.99. The Morgan fingerprint density at radius 3 is 2.35 bits per heavy atom. The van der Waals surface area contributed by atoms with Gasteiger partial charge in [0.1, 0.15) is 15.8 Å². The molecule has 136 valence electrons. The summed E-state index contributed by atoms with van der Waals surface area (Å²) in [6.45, 7) is 1.99. The number of nitrogens with zero attached hydrogens (tertiary/aromatic N) is 1. The Morgan fingerprint density at radius 2 is 1.77 bits per heavy atom. The Kier molecular flexibility index (Phi) is 5.43. The molecular weight excluding hydrogens is 370 g/mol. The molecule has 2 heterocycles. The summed E-state index contributed by atoms with van der Waals surface area (Å²) in [5, 5.41) is 3.19. The van der Waals surface area contributed by atoms with E-state index in [1.165, 1.54) is 11.3 Å². The van der Waals surface area contributed by atoms with Crippen molar-refractivity contribution in [3.05, 3.63) is 59.6 Å². The SMILES string of the molecule is CCc1ccc(S(=O)(=O)Nc2ccc(Nc3ccc(OC)cc3)cn2)s1. The molecule has 3 rings (SSSR count). The number of anilines is 3. The van der Waals surface area contributed by atoms with Crippen LogP contribution in [0.3, 0.4) is 0 Å². The Hall–Kier alpha value is -2.58. The molecule has 0 unspecified atom stereocenters. The minimum absolute atomic E-state index is 0.275. The van der Waals surface area contributed by atoms with Crippen LogP contribution in [0.2, 0.25) is 0 Å². The van der Waals surface area contributed by atoms with Crippen LogP contribution >= 0.6 is 11.3 Å². The van der Waals surface area contributed by atoms with Crippen molar-refractivity contribution in [2.75, 3.05) is 17.1 Å². The maximum Gasteiger partial charge on any atom is 0.272 e. The van der Waals surface area contributed by atoms with E-state index in [-0.39, 0.29) is 10.0 Å². The van der Waals surface area contributed by atoms with Crippen LogP contribution in [0.4, 0.5) is 17.2 Å². The number of methoxy groups -OCH3 is 1. The largest absolute Gasteiger partial charge is 0.497 e. The maximum absolute atomic E-state index is 12.4. The van der Waals surface area contributed by atoms with Gasteiger partial charge in [0.2, 0.25) is 0 Å². The quantitative estimate of drug-likeness (QED) is 0.631. The number of benzene rings is 1. The van der Waals surface area contributed by atoms with E-state index in [2.05, 4.69) is 15.0 Å². The van der Waals surface area contributed by atoms with Gasteiger partial charge >= 0.3 is 0 Å². The third kappa shape index (κ3) is 4.33. The lowest BCUT2D eigenvalue weighted by molar-refractivity contribution is 0.415. The van der Waals surface area contributed by atoms with Crippen molar-refractivity contribution >= 4 is 38.6 Å². The predicted octanol–water partition coefficient (Wildman–Crippen LogP) is 4.26. The molecule has 0 saturated carbocycles. The van der Waals surface area contributed by atoms with Crippen molar-refractivity contribution in [1.82, 2.24) is 4.98 Å². The van der Waals surface area contributed by atoms with Crippen molar-refractivity contribution in [3.63, 3.8) is 0 Å². The van der Waals surface area contributed by atoms with E-state index in [1.807, 2.05) is 37.3 Å². The van der Waals surface area contributed by atoms with Gasteiger partial charge in [0, 0.05) is 10.6 Å². The molecule has 26 heavy (non-hydrogen) atoms. The standard InChI is InChI=1S/C18H19N3O3S2/c1-3-16-9-11-18(25-16)26(22,23)21-17-10-6-14(12-19-17)20-13-4-7-15(24-2)8-5-13/h4-12,20H,3H2,1-2H3,(H,19,21). The van der Waals surface area contributed by atoms with E-state index in [9.17, 15) is 8.42 Å². The number of hydrogen-bond donors (Lipinski definition) is 2. The predicted molar refractivity (Wildman–Crippen MR) is 105 cm³/mol. The lowest BCUT2D eigenvalue weighted by atomic mass is 10.3. The third-order valence-electron chi connectivity index (χ3n) is 3.63. The fourth-order valence-corrected chi connectivity index (χ4v) is 4.55. The average Bonchev–Trinajstić information content (AvgIpc) is 3.14. The summed E-state index contributed by atoms with van der Waals surface area (Å²) in [5.41, 5.74) is 1.63. The molecule has 3 aromatic rings. The summed E-state index contributed by atoms with van der Waals surface area (Å²) >= 11 is 1.27. The second-order valence-corrected chi connectivity index (χ2v) is 8.54. The minimum atomic E-state index is -3.61. The van der Waals surface area contributed by atoms with Gasteiger partial charge in [-0.3, -0.25) is 4.72 Å². The monoisotopic (exact) mass is 389 g/mol. The first kappa shape index (κ1) is 18.2. The molecule has 0 bridgehead atoms. The van der Waals surface area contributed by atoms with Crippen LogP contribution in [0.25, 0.3) is 0 Å². The Balaban J connectivity index is 1.68. The van der Waals surface area contributed by atoms with Gasteiger partial charge in [-0.1, -0.05) is 6.92 Å². The zero-order chi connectivity index (χ0) is 18.6. The molecule has 2 aromatic heterocycles. The minimum Gasteiger partial charge on any atom is -0.497 e. The zero-order valence-corrected chi connectivity index (χ0v) is 16.0. The van der Waals surface area contributed by atoms with Crippen molar-refractivity contribution < 1.29 is 13.2 Å². The molecule has 0 amide bonds. The van der Waals surface area contributed by atoms with E-state index in [0.29, 0.717) is 0 Å². The number of hydrogen-bond acceptors (Lipinski definition) is 6. The normalized spacial score (nSPS) is 11.2. The highest BCUT2D eigenvalue weighted by Crippen LogP contribution is 2.25. The number of rotatable bonds is 7. The van der Waals surface area contributed by atoms with Gasteiger partial charge in [-0.15, -0.1) is 11.3 Å². The van der Waals surface area contributed by atoms with Gasteiger partial charge < -0.3 is 10.1 Å². The molecule has 6 nitrogen and oxygen atoms in total. The Labute approximate surface area is 156 Å². The lowest BCUT2D eigenvalue weighted by Gasteiger charge is -2.09. The Morgan fingerprint density at radius 1 is 1.04 bits per heavy atom. The molecule has 0 aliphatic rings. The first-order valence-corrected chi connectivity index (χ1v) is 10.3. The number of ether oxygens (including phenoxy) is 1. The first-order valence-electron chi connectivity index (χ1n) is 7.99. The maximum atomic E-state index is 12.4. The highest BCUT2D eigenvalue weighted by molar-refractivity contribution is 7.94. The number of aryl methyl sites for hydroxylation is 1. The topological polar surface area (TPSA) is 80.3 Å². The number of pyridine rings is 1. The van der Waals surface area contributed by atoms with Crippen LogP contribution in [0.1, 0.15) is 11.8 Å². The summed E-state index contributed by atoms with van der Waals surface area (Å²) in [4.78, 5) is 5.20. The van der Waals surface area contributed by atoms with E-state index in [0.717, 1.165) is 28.4 Å². The summed E-state index contributed by atoms with van der Waals surface area (Å²) < 4.78 is 32.7. The van der Waals surface area contributed by atoms with Crippen molar-refractivity contribution in [2.45, 2.75) is 17.6 Å². The highest BCUT2D eigenvalue weighted by Gasteiger charge is 2.17.